The van der Waals surface area contributed by atoms with Crippen molar-refractivity contribution in [3.8, 4) is 6.07 Å². The van der Waals surface area contributed by atoms with Gasteiger partial charge in [0.25, 0.3) is 0 Å². The van der Waals surface area contributed by atoms with Gasteiger partial charge in [0, 0.05) is 6.42 Å². The van der Waals surface area contributed by atoms with Gasteiger partial charge in [0.15, 0.2) is 5.78 Å². The van der Waals surface area contributed by atoms with Gasteiger partial charge in [-0.2, -0.15) is 5.26 Å². The highest BCUT2D eigenvalue weighted by atomic mass is 16.1. The molecule has 0 amide bonds. The molecule has 0 aromatic rings. The fourth-order valence-electron chi connectivity index (χ4n) is 2.53. The summed E-state index contributed by atoms with van der Waals surface area (Å²) < 4.78 is 0. The molecule has 0 heterocycles. The topological polar surface area (TPSA) is 40.9 Å². The van der Waals surface area contributed by atoms with Crippen molar-refractivity contribution in [2.75, 3.05) is 0 Å². The molecule has 2 rings (SSSR count). The largest absolute Gasteiger partial charge is 0.298 e. The Balaban J connectivity index is 2.37. The van der Waals surface area contributed by atoms with Crippen LogP contribution < -0.4 is 0 Å². The molecule has 0 radical (unpaired) electrons. The molecule has 1 saturated carbocycles. The van der Waals surface area contributed by atoms with E-state index >= 15 is 0 Å². The van der Waals surface area contributed by atoms with Crippen LogP contribution in [0.2, 0.25) is 0 Å². The van der Waals surface area contributed by atoms with Crippen LogP contribution in [-0.4, -0.2) is 5.78 Å². The highest BCUT2D eigenvalue weighted by Crippen LogP contribution is 2.45. The Morgan fingerprint density at radius 3 is 3.08 bits per heavy atom. The van der Waals surface area contributed by atoms with Crippen molar-refractivity contribution in [1.29, 1.82) is 5.26 Å². The van der Waals surface area contributed by atoms with Gasteiger partial charge in [-0.05, 0) is 31.6 Å². The zero-order valence-corrected chi connectivity index (χ0v) is 7.62. The van der Waals surface area contributed by atoms with Crippen LogP contribution in [0.25, 0.3) is 0 Å². The van der Waals surface area contributed by atoms with Crippen LogP contribution in [0.1, 0.15) is 32.1 Å². The number of allylic oxidation sites excluding steroid dienone is 2. The molecule has 0 saturated heterocycles. The molecule has 0 aliphatic heterocycles. The maximum Gasteiger partial charge on any atom is 0.153 e. The number of carbonyl (C=O) groups excluding carboxylic acids is 1. The van der Waals surface area contributed by atoms with Gasteiger partial charge in [-0.3, -0.25) is 4.79 Å². The second-order valence-corrected chi connectivity index (χ2v) is 4.01. The molecule has 2 atom stereocenters. The quantitative estimate of drug-likeness (QED) is 0.529. The molecule has 68 valence electrons. The highest BCUT2D eigenvalue weighted by Gasteiger charge is 2.47. The Morgan fingerprint density at radius 1 is 1.54 bits per heavy atom. The number of nitrogens with zero attached hydrogens (tertiary/aromatic N) is 1. The average Bonchev–Trinajstić information content (AvgIpc) is 2.19. The summed E-state index contributed by atoms with van der Waals surface area (Å²) >= 11 is 0. The second-order valence-electron chi connectivity index (χ2n) is 4.01. The van der Waals surface area contributed by atoms with E-state index in [1.807, 2.05) is 6.08 Å². The van der Waals surface area contributed by atoms with Crippen molar-refractivity contribution in [2.24, 2.45) is 11.3 Å². The third-order valence-electron chi connectivity index (χ3n) is 3.38. The minimum absolute atomic E-state index is 0.176. The summed E-state index contributed by atoms with van der Waals surface area (Å²) in [4.78, 5) is 11.7. The third kappa shape index (κ3) is 1.11. The van der Waals surface area contributed by atoms with Gasteiger partial charge >= 0.3 is 0 Å². The van der Waals surface area contributed by atoms with Crippen LogP contribution in [0.15, 0.2) is 12.2 Å². The standard InChI is InChI=1S/C11H13NO/c12-8-11-7-2-1-4-9(11)5-3-6-10(11)13/h1-2,9H,3-7H2. The lowest BCUT2D eigenvalue weighted by molar-refractivity contribution is -0.131. The summed E-state index contributed by atoms with van der Waals surface area (Å²) in [5.41, 5.74) is -0.646. The van der Waals surface area contributed by atoms with Crippen LogP contribution >= 0.6 is 0 Å². The van der Waals surface area contributed by atoms with Gasteiger partial charge in [-0.1, -0.05) is 12.2 Å². The molecule has 13 heavy (non-hydrogen) atoms. The Hall–Kier alpha value is -1.10. The molecule has 2 nitrogen and oxygen atoms in total. The Morgan fingerprint density at radius 2 is 2.38 bits per heavy atom. The Labute approximate surface area is 78.2 Å². The number of fused-ring (bicyclic) bond motifs is 1. The summed E-state index contributed by atoms with van der Waals surface area (Å²) in [5.74, 6) is 0.472. The molecule has 0 N–H and O–H groups in total. The second kappa shape index (κ2) is 2.99. The van der Waals surface area contributed by atoms with Crippen molar-refractivity contribution < 1.29 is 4.79 Å². The van der Waals surface area contributed by atoms with E-state index in [0.717, 1.165) is 19.3 Å². The summed E-state index contributed by atoms with van der Waals surface area (Å²) in [6.07, 6.45) is 8.29. The van der Waals surface area contributed by atoms with E-state index in [1.54, 1.807) is 0 Å². The van der Waals surface area contributed by atoms with E-state index in [4.69, 9.17) is 5.26 Å². The van der Waals surface area contributed by atoms with Crippen molar-refractivity contribution >= 4 is 5.78 Å². The average molecular weight is 175 g/mol. The molecule has 2 aliphatic rings. The fraction of sp³-hybridized carbons (Fsp3) is 0.636. The predicted octanol–water partition coefficient (Wildman–Crippen LogP) is 2.22. The van der Waals surface area contributed by atoms with Crippen molar-refractivity contribution in [2.45, 2.75) is 32.1 Å². The van der Waals surface area contributed by atoms with E-state index in [0.29, 0.717) is 18.8 Å². The van der Waals surface area contributed by atoms with Gasteiger partial charge in [0.1, 0.15) is 5.41 Å². The fourth-order valence-corrected chi connectivity index (χ4v) is 2.53. The number of hydrogen-bond acceptors (Lipinski definition) is 2. The SMILES string of the molecule is N#CC12CC=CCC1CCCC2=O. The van der Waals surface area contributed by atoms with Crippen molar-refractivity contribution in [3.63, 3.8) is 0 Å². The van der Waals surface area contributed by atoms with Gasteiger partial charge in [-0.15, -0.1) is 0 Å². The van der Waals surface area contributed by atoms with E-state index in [2.05, 4.69) is 12.1 Å². The van der Waals surface area contributed by atoms with Crippen molar-refractivity contribution in [1.82, 2.24) is 0 Å². The van der Waals surface area contributed by atoms with Gasteiger partial charge in [0.2, 0.25) is 0 Å². The summed E-state index contributed by atoms with van der Waals surface area (Å²) in [6.45, 7) is 0. The van der Waals surface area contributed by atoms with Crippen LogP contribution in [0.3, 0.4) is 0 Å². The smallest absolute Gasteiger partial charge is 0.153 e. The Kier molecular flexibility index (Phi) is 1.95. The lowest BCUT2D eigenvalue weighted by Crippen LogP contribution is -2.41. The zero-order chi connectivity index (χ0) is 9.31. The maximum atomic E-state index is 11.7. The van der Waals surface area contributed by atoms with Gasteiger partial charge < -0.3 is 0 Å². The molecule has 2 unspecified atom stereocenters. The minimum Gasteiger partial charge on any atom is -0.298 e. The number of rotatable bonds is 0. The first-order valence-electron chi connectivity index (χ1n) is 4.89. The van der Waals surface area contributed by atoms with Gasteiger partial charge in [0.05, 0.1) is 6.07 Å². The Bertz CT molecular complexity index is 300. The van der Waals surface area contributed by atoms with E-state index in [1.165, 1.54) is 0 Å². The van der Waals surface area contributed by atoms with E-state index in [9.17, 15) is 4.79 Å². The predicted molar refractivity (Wildman–Crippen MR) is 48.8 cm³/mol. The molecule has 1 fully saturated rings. The monoisotopic (exact) mass is 175 g/mol. The van der Waals surface area contributed by atoms with Crippen LogP contribution in [0, 0.1) is 22.7 Å². The lowest BCUT2D eigenvalue weighted by atomic mass is 9.61. The number of hydrogen-bond donors (Lipinski definition) is 0. The molecular weight excluding hydrogens is 162 g/mol. The van der Waals surface area contributed by atoms with E-state index in [-0.39, 0.29) is 5.78 Å². The number of ketones is 1. The molecular formula is C11H13NO. The normalized spacial score (nSPS) is 38.1. The first-order valence-corrected chi connectivity index (χ1v) is 4.89. The van der Waals surface area contributed by atoms with Crippen molar-refractivity contribution in [3.05, 3.63) is 12.2 Å². The summed E-state index contributed by atoms with van der Waals surface area (Å²) in [5, 5.41) is 9.14. The molecule has 0 bridgehead atoms. The van der Waals surface area contributed by atoms with Crippen LogP contribution in [0.4, 0.5) is 0 Å². The molecule has 0 spiro atoms. The van der Waals surface area contributed by atoms with Crippen LogP contribution in [0.5, 0.6) is 0 Å². The third-order valence-corrected chi connectivity index (χ3v) is 3.38. The highest BCUT2D eigenvalue weighted by molar-refractivity contribution is 5.89. The van der Waals surface area contributed by atoms with E-state index < -0.39 is 5.41 Å². The molecule has 0 aromatic heterocycles. The van der Waals surface area contributed by atoms with Gasteiger partial charge in [-0.25, -0.2) is 0 Å². The number of Topliss-reactive ketones (excluding diaryl/α,β-unsaturated/α-hetero) is 1. The summed E-state index contributed by atoms with van der Waals surface area (Å²) in [6, 6.07) is 2.27. The zero-order valence-electron chi connectivity index (χ0n) is 7.62. The molecule has 0 aromatic carbocycles. The number of carbonyl (C=O) groups is 1. The minimum atomic E-state index is -0.646. The van der Waals surface area contributed by atoms with Crippen LogP contribution in [-0.2, 0) is 4.79 Å². The number of nitriles is 1. The first kappa shape index (κ1) is 8.50. The molecule has 2 aliphatic carbocycles. The lowest BCUT2D eigenvalue weighted by Gasteiger charge is -2.38. The molecule has 2 heteroatoms. The maximum absolute atomic E-state index is 11.7. The summed E-state index contributed by atoms with van der Waals surface area (Å²) in [7, 11) is 0. The first-order chi connectivity index (χ1) is 6.29.